The van der Waals surface area contributed by atoms with E-state index in [1.54, 1.807) is 47.0 Å². The molecule has 0 unspecified atom stereocenters. The van der Waals surface area contributed by atoms with E-state index in [4.69, 9.17) is 0 Å². The second kappa shape index (κ2) is 9.30. The van der Waals surface area contributed by atoms with E-state index in [1.807, 2.05) is 0 Å². The first kappa shape index (κ1) is 22.3. The third-order valence-electron chi connectivity index (χ3n) is 5.12. The van der Waals surface area contributed by atoms with Gasteiger partial charge in [-0.05, 0) is 61.5 Å². The maximum Gasteiger partial charge on any atom is 0.244 e. The number of fused-ring (bicyclic) bond motifs is 1. The van der Waals surface area contributed by atoms with E-state index < -0.39 is 11.2 Å². The Morgan fingerprint density at radius 1 is 0.970 bits per heavy atom. The number of ketones is 2. The van der Waals surface area contributed by atoms with E-state index in [1.165, 1.54) is 37.6 Å². The van der Waals surface area contributed by atoms with Gasteiger partial charge >= 0.3 is 0 Å². The highest BCUT2D eigenvalue weighted by Crippen LogP contribution is 2.20. The molecule has 33 heavy (non-hydrogen) atoms. The molecule has 0 aliphatic carbocycles. The zero-order valence-corrected chi connectivity index (χ0v) is 19.1. The zero-order valence-electron chi connectivity index (χ0n) is 17.5. The van der Waals surface area contributed by atoms with Crippen LogP contribution in [0.2, 0.25) is 0 Å². The lowest BCUT2D eigenvalue weighted by atomic mass is 10.0. The van der Waals surface area contributed by atoms with Crippen molar-refractivity contribution >= 4 is 50.0 Å². The molecule has 0 fully saturated rings. The van der Waals surface area contributed by atoms with Crippen LogP contribution >= 0.6 is 15.9 Å². The minimum absolute atomic E-state index is 0.0367. The molecule has 8 heteroatoms. The summed E-state index contributed by atoms with van der Waals surface area (Å²) in [7, 11) is 0. The topological polar surface area (TPSA) is 98.1 Å². The number of aromatic nitrogens is 2. The lowest BCUT2D eigenvalue weighted by Gasteiger charge is -2.14. The molecule has 0 aliphatic rings. The standard InChI is InChI=1S/C25H18BrN3O4/c1-15(30)16-2-5-19(6-3-16)28-23(31)14-29-13-21(24(32)17-8-10-27-11-9-17)25(33)20-12-18(26)4-7-22(20)29/h2-13H,14H2,1H3,(H,28,31). The molecule has 2 heterocycles. The fourth-order valence-corrected chi connectivity index (χ4v) is 3.83. The summed E-state index contributed by atoms with van der Waals surface area (Å²) in [5.41, 5.74) is 1.49. The number of hydrogen-bond donors (Lipinski definition) is 1. The maximum absolute atomic E-state index is 13.1. The summed E-state index contributed by atoms with van der Waals surface area (Å²) in [6.45, 7) is 1.35. The van der Waals surface area contributed by atoms with Crippen LogP contribution in [0.25, 0.3) is 10.9 Å². The van der Waals surface area contributed by atoms with Crippen molar-refractivity contribution in [2.75, 3.05) is 5.32 Å². The van der Waals surface area contributed by atoms with Gasteiger partial charge in [0.05, 0.1) is 11.1 Å². The van der Waals surface area contributed by atoms with Gasteiger partial charge in [0.1, 0.15) is 6.54 Å². The maximum atomic E-state index is 13.1. The monoisotopic (exact) mass is 503 g/mol. The van der Waals surface area contributed by atoms with Crippen molar-refractivity contribution in [3.8, 4) is 0 Å². The molecule has 4 rings (SSSR count). The number of Topliss-reactive ketones (excluding diaryl/α,β-unsaturated/α-hetero) is 1. The number of carbonyl (C=O) groups excluding carboxylic acids is 3. The normalized spacial score (nSPS) is 10.7. The Labute approximate surface area is 197 Å². The minimum Gasteiger partial charge on any atom is -0.337 e. The van der Waals surface area contributed by atoms with Crippen LogP contribution in [0.1, 0.15) is 33.2 Å². The number of rotatable bonds is 6. The smallest absolute Gasteiger partial charge is 0.244 e. The van der Waals surface area contributed by atoms with Crippen LogP contribution in [-0.2, 0) is 11.3 Å². The summed E-state index contributed by atoms with van der Waals surface area (Å²) in [5.74, 6) is -0.857. The van der Waals surface area contributed by atoms with E-state index >= 15 is 0 Å². The van der Waals surface area contributed by atoms with Crippen LogP contribution in [0.4, 0.5) is 5.69 Å². The largest absolute Gasteiger partial charge is 0.337 e. The summed E-state index contributed by atoms with van der Waals surface area (Å²) in [5, 5.41) is 3.10. The summed E-state index contributed by atoms with van der Waals surface area (Å²) in [6, 6.07) is 14.8. The van der Waals surface area contributed by atoms with Crippen molar-refractivity contribution in [2.45, 2.75) is 13.5 Å². The fourth-order valence-electron chi connectivity index (χ4n) is 3.46. The van der Waals surface area contributed by atoms with E-state index in [0.717, 1.165) is 0 Å². The Morgan fingerprint density at radius 3 is 2.33 bits per heavy atom. The van der Waals surface area contributed by atoms with Gasteiger partial charge in [-0.1, -0.05) is 15.9 Å². The van der Waals surface area contributed by atoms with Crippen LogP contribution in [0.15, 0.2) is 82.5 Å². The SMILES string of the molecule is CC(=O)c1ccc(NC(=O)Cn2cc(C(=O)c3ccncc3)c(=O)c3cc(Br)ccc32)cc1. The molecular weight excluding hydrogens is 486 g/mol. The predicted octanol–water partition coefficient (Wildman–Crippen LogP) is 4.23. The number of nitrogens with zero attached hydrogens (tertiary/aromatic N) is 2. The fraction of sp³-hybridized carbons (Fsp3) is 0.0800. The van der Waals surface area contributed by atoms with E-state index in [2.05, 4.69) is 26.2 Å². The summed E-state index contributed by atoms with van der Waals surface area (Å²) in [6.07, 6.45) is 4.38. The number of benzene rings is 2. The van der Waals surface area contributed by atoms with Crippen molar-refractivity contribution < 1.29 is 14.4 Å². The third kappa shape index (κ3) is 4.80. The molecule has 1 N–H and O–H groups in total. The first-order valence-corrected chi connectivity index (χ1v) is 10.8. The molecule has 2 aromatic heterocycles. The van der Waals surface area contributed by atoms with Crippen molar-refractivity contribution in [1.82, 2.24) is 9.55 Å². The van der Waals surface area contributed by atoms with Crippen LogP contribution in [0.3, 0.4) is 0 Å². The Hall–Kier alpha value is -3.91. The predicted molar refractivity (Wildman–Crippen MR) is 129 cm³/mol. The first-order chi connectivity index (χ1) is 15.8. The van der Waals surface area contributed by atoms with Gasteiger partial charge in [-0.3, -0.25) is 24.2 Å². The Balaban J connectivity index is 1.71. The second-order valence-electron chi connectivity index (χ2n) is 7.41. The minimum atomic E-state index is -0.446. The number of pyridine rings is 2. The molecule has 0 saturated carbocycles. The summed E-state index contributed by atoms with van der Waals surface area (Å²) >= 11 is 3.36. The molecule has 0 saturated heterocycles. The average Bonchev–Trinajstić information content (AvgIpc) is 2.81. The molecular formula is C25H18BrN3O4. The second-order valence-corrected chi connectivity index (χ2v) is 8.32. The highest BCUT2D eigenvalue weighted by molar-refractivity contribution is 9.10. The summed E-state index contributed by atoms with van der Waals surface area (Å²) in [4.78, 5) is 54.3. The molecule has 2 aromatic carbocycles. The van der Waals surface area contributed by atoms with Crippen LogP contribution in [0, 0.1) is 0 Å². The van der Waals surface area contributed by atoms with Gasteiger partial charge in [-0.25, -0.2) is 0 Å². The quantitative estimate of drug-likeness (QED) is 0.397. The van der Waals surface area contributed by atoms with E-state index in [-0.39, 0.29) is 23.8 Å². The number of carbonyl (C=O) groups is 3. The third-order valence-corrected chi connectivity index (χ3v) is 5.61. The number of nitrogens with one attached hydrogen (secondary N) is 1. The van der Waals surface area contributed by atoms with Gasteiger partial charge in [-0.15, -0.1) is 0 Å². The van der Waals surface area contributed by atoms with Gasteiger partial charge in [0.2, 0.25) is 11.3 Å². The summed E-state index contributed by atoms with van der Waals surface area (Å²) < 4.78 is 2.26. The molecule has 1 amide bonds. The molecule has 0 atom stereocenters. The highest BCUT2D eigenvalue weighted by atomic mass is 79.9. The first-order valence-electron chi connectivity index (χ1n) is 10.0. The van der Waals surface area contributed by atoms with Gasteiger partial charge in [-0.2, -0.15) is 0 Å². The van der Waals surface area contributed by atoms with E-state index in [9.17, 15) is 19.2 Å². The lowest BCUT2D eigenvalue weighted by Crippen LogP contribution is -2.24. The number of halogens is 1. The van der Waals surface area contributed by atoms with E-state index in [0.29, 0.717) is 32.2 Å². The molecule has 0 spiro atoms. The van der Waals surface area contributed by atoms with Crippen molar-refractivity contribution in [3.05, 3.63) is 105 Å². The number of hydrogen-bond acceptors (Lipinski definition) is 5. The molecule has 164 valence electrons. The molecule has 0 bridgehead atoms. The van der Waals surface area contributed by atoms with Crippen LogP contribution in [-0.4, -0.2) is 27.0 Å². The number of anilines is 1. The van der Waals surface area contributed by atoms with Gasteiger partial charge in [0.15, 0.2) is 11.6 Å². The van der Waals surface area contributed by atoms with Crippen molar-refractivity contribution in [2.24, 2.45) is 0 Å². The lowest BCUT2D eigenvalue weighted by molar-refractivity contribution is -0.116. The van der Waals surface area contributed by atoms with Gasteiger partial charge in [0.25, 0.3) is 0 Å². The molecule has 0 aliphatic heterocycles. The molecule has 4 aromatic rings. The Kier molecular flexibility index (Phi) is 6.28. The van der Waals surface area contributed by atoms with Crippen molar-refractivity contribution in [1.29, 1.82) is 0 Å². The Morgan fingerprint density at radius 2 is 1.67 bits per heavy atom. The molecule has 0 radical (unpaired) electrons. The zero-order chi connectivity index (χ0) is 23.5. The van der Waals surface area contributed by atoms with Gasteiger partial charge in [0, 0.05) is 45.3 Å². The van der Waals surface area contributed by atoms with Gasteiger partial charge < -0.3 is 9.88 Å². The Bertz CT molecular complexity index is 1440. The average molecular weight is 504 g/mol. The van der Waals surface area contributed by atoms with Crippen molar-refractivity contribution in [3.63, 3.8) is 0 Å². The van der Waals surface area contributed by atoms with Crippen LogP contribution < -0.4 is 10.7 Å². The highest BCUT2D eigenvalue weighted by Gasteiger charge is 2.18. The van der Waals surface area contributed by atoms with Crippen LogP contribution in [0.5, 0.6) is 0 Å². The molecule has 7 nitrogen and oxygen atoms in total. The number of amides is 1.